The summed E-state index contributed by atoms with van der Waals surface area (Å²) in [5.74, 6) is 1.32. The highest BCUT2D eigenvalue weighted by Gasteiger charge is 2.31. The summed E-state index contributed by atoms with van der Waals surface area (Å²) in [5.41, 5.74) is 1.90. The van der Waals surface area contributed by atoms with Gasteiger partial charge in [-0.3, -0.25) is 9.69 Å². The molecule has 0 saturated carbocycles. The number of thioether (sulfide) groups is 1. The number of rotatable bonds is 7. The molecule has 3 rings (SSSR count). The molecule has 0 saturated heterocycles. The Morgan fingerprint density at radius 2 is 2.04 bits per heavy atom. The number of anilines is 1. The van der Waals surface area contributed by atoms with Gasteiger partial charge in [-0.05, 0) is 43.9 Å². The van der Waals surface area contributed by atoms with Crippen LogP contribution < -0.4 is 15.5 Å². The van der Waals surface area contributed by atoms with Gasteiger partial charge in [-0.1, -0.05) is 19.1 Å². The molecule has 1 aliphatic rings. The molecule has 0 unspecified atom stereocenters. The van der Waals surface area contributed by atoms with Crippen LogP contribution in [0, 0.1) is 0 Å². The molecule has 0 aliphatic carbocycles. The SMILES string of the molecule is CC[C@H](C)NC(=O)[C@H](CCSC)NC(=O)N1CCn2c1nc1ccccc12. The zero-order chi connectivity index (χ0) is 19.4. The van der Waals surface area contributed by atoms with Crippen LogP contribution in [0.25, 0.3) is 11.0 Å². The number of amides is 3. The second kappa shape index (κ2) is 8.65. The quantitative estimate of drug-likeness (QED) is 0.763. The first kappa shape index (κ1) is 19.5. The van der Waals surface area contributed by atoms with Crippen LogP contribution in [0.4, 0.5) is 10.7 Å². The Labute approximate surface area is 163 Å². The zero-order valence-electron chi connectivity index (χ0n) is 16.1. The molecule has 2 atom stereocenters. The van der Waals surface area contributed by atoms with Crippen molar-refractivity contribution in [2.45, 2.75) is 45.3 Å². The fourth-order valence-electron chi connectivity index (χ4n) is 3.16. The largest absolute Gasteiger partial charge is 0.352 e. The first-order valence-corrected chi connectivity index (χ1v) is 10.8. The van der Waals surface area contributed by atoms with Crippen molar-refractivity contribution in [3.63, 3.8) is 0 Å². The summed E-state index contributed by atoms with van der Waals surface area (Å²) < 4.78 is 2.05. The summed E-state index contributed by atoms with van der Waals surface area (Å²) in [6, 6.07) is 7.13. The number of imidazole rings is 1. The van der Waals surface area contributed by atoms with Gasteiger partial charge >= 0.3 is 6.03 Å². The van der Waals surface area contributed by atoms with Crippen molar-refractivity contribution >= 4 is 40.7 Å². The highest BCUT2D eigenvalue weighted by Crippen LogP contribution is 2.27. The van der Waals surface area contributed by atoms with Crippen molar-refractivity contribution in [1.29, 1.82) is 0 Å². The van der Waals surface area contributed by atoms with E-state index >= 15 is 0 Å². The molecular formula is C19H27N5O2S. The van der Waals surface area contributed by atoms with Crippen molar-refractivity contribution in [2.75, 3.05) is 23.5 Å². The number of para-hydroxylation sites is 2. The molecule has 146 valence electrons. The molecule has 7 nitrogen and oxygen atoms in total. The van der Waals surface area contributed by atoms with Crippen molar-refractivity contribution in [3.05, 3.63) is 24.3 Å². The summed E-state index contributed by atoms with van der Waals surface area (Å²) in [5, 5.41) is 5.89. The maximum absolute atomic E-state index is 12.9. The van der Waals surface area contributed by atoms with E-state index in [4.69, 9.17) is 0 Å². The monoisotopic (exact) mass is 389 g/mol. The van der Waals surface area contributed by atoms with E-state index < -0.39 is 6.04 Å². The summed E-state index contributed by atoms with van der Waals surface area (Å²) >= 11 is 1.66. The summed E-state index contributed by atoms with van der Waals surface area (Å²) in [6.45, 7) is 5.25. The molecule has 8 heteroatoms. The molecule has 0 radical (unpaired) electrons. The van der Waals surface area contributed by atoms with Gasteiger partial charge in [-0.15, -0.1) is 0 Å². The first-order valence-electron chi connectivity index (χ1n) is 9.37. The highest BCUT2D eigenvalue weighted by atomic mass is 32.2. The molecular weight excluding hydrogens is 362 g/mol. The lowest BCUT2D eigenvalue weighted by atomic mass is 10.2. The fourth-order valence-corrected chi connectivity index (χ4v) is 3.63. The molecule has 0 fully saturated rings. The molecule has 1 aromatic carbocycles. The predicted octanol–water partition coefficient (Wildman–Crippen LogP) is 2.60. The Kier molecular flexibility index (Phi) is 6.26. The smallest absolute Gasteiger partial charge is 0.324 e. The van der Waals surface area contributed by atoms with E-state index in [1.165, 1.54) is 0 Å². The van der Waals surface area contributed by atoms with Crippen LogP contribution in [0.2, 0.25) is 0 Å². The molecule has 1 aliphatic heterocycles. The van der Waals surface area contributed by atoms with Gasteiger partial charge in [0.05, 0.1) is 11.0 Å². The van der Waals surface area contributed by atoms with Gasteiger partial charge in [0.25, 0.3) is 0 Å². The number of hydrogen-bond donors (Lipinski definition) is 2. The fraction of sp³-hybridized carbons (Fsp3) is 0.526. The van der Waals surface area contributed by atoms with E-state index in [0.29, 0.717) is 25.5 Å². The first-order chi connectivity index (χ1) is 13.0. The van der Waals surface area contributed by atoms with Crippen LogP contribution in [-0.2, 0) is 11.3 Å². The van der Waals surface area contributed by atoms with Crippen LogP contribution in [0.5, 0.6) is 0 Å². The number of carbonyl (C=O) groups excluding carboxylic acids is 2. The minimum Gasteiger partial charge on any atom is -0.352 e. The van der Waals surface area contributed by atoms with Gasteiger partial charge in [-0.2, -0.15) is 11.8 Å². The van der Waals surface area contributed by atoms with Gasteiger partial charge < -0.3 is 15.2 Å². The number of nitrogens with one attached hydrogen (secondary N) is 2. The van der Waals surface area contributed by atoms with E-state index in [1.54, 1.807) is 16.7 Å². The Hall–Kier alpha value is -2.22. The molecule has 2 N–H and O–H groups in total. The lowest BCUT2D eigenvalue weighted by molar-refractivity contribution is -0.123. The maximum atomic E-state index is 12.9. The normalized spacial score (nSPS) is 15.4. The molecule has 1 aromatic heterocycles. The van der Waals surface area contributed by atoms with E-state index in [0.717, 1.165) is 23.2 Å². The Balaban J connectivity index is 1.74. The van der Waals surface area contributed by atoms with Crippen LogP contribution in [0.1, 0.15) is 26.7 Å². The lowest BCUT2D eigenvalue weighted by Crippen LogP contribution is -2.52. The number of hydrogen-bond acceptors (Lipinski definition) is 4. The Morgan fingerprint density at radius 3 is 2.78 bits per heavy atom. The average molecular weight is 390 g/mol. The third kappa shape index (κ3) is 4.21. The van der Waals surface area contributed by atoms with E-state index in [9.17, 15) is 9.59 Å². The Bertz CT molecular complexity index is 822. The molecule has 2 heterocycles. The van der Waals surface area contributed by atoms with Crippen LogP contribution in [0.15, 0.2) is 24.3 Å². The number of aromatic nitrogens is 2. The minimum atomic E-state index is -0.544. The van der Waals surface area contributed by atoms with Crippen LogP contribution in [-0.4, -0.2) is 52.1 Å². The van der Waals surface area contributed by atoms with Crippen LogP contribution >= 0.6 is 11.8 Å². The second-order valence-electron chi connectivity index (χ2n) is 6.81. The van der Waals surface area contributed by atoms with Crippen molar-refractivity contribution in [1.82, 2.24) is 20.2 Å². The molecule has 2 aromatic rings. The predicted molar refractivity (Wildman–Crippen MR) is 110 cm³/mol. The lowest BCUT2D eigenvalue weighted by Gasteiger charge is -2.23. The van der Waals surface area contributed by atoms with Gasteiger partial charge in [-0.25, -0.2) is 9.78 Å². The summed E-state index contributed by atoms with van der Waals surface area (Å²) in [4.78, 5) is 31.7. The number of fused-ring (bicyclic) bond motifs is 3. The number of carbonyl (C=O) groups is 2. The highest BCUT2D eigenvalue weighted by molar-refractivity contribution is 7.98. The van der Waals surface area contributed by atoms with Gasteiger partial charge in [0.2, 0.25) is 11.9 Å². The van der Waals surface area contributed by atoms with Crippen molar-refractivity contribution in [3.8, 4) is 0 Å². The maximum Gasteiger partial charge on any atom is 0.324 e. The van der Waals surface area contributed by atoms with E-state index in [1.807, 2.05) is 48.9 Å². The van der Waals surface area contributed by atoms with E-state index in [-0.39, 0.29) is 18.0 Å². The number of urea groups is 1. The zero-order valence-corrected chi connectivity index (χ0v) is 16.9. The average Bonchev–Trinajstić information content (AvgIpc) is 3.23. The third-order valence-corrected chi connectivity index (χ3v) is 5.54. The third-order valence-electron chi connectivity index (χ3n) is 4.89. The summed E-state index contributed by atoms with van der Waals surface area (Å²) in [7, 11) is 0. The number of benzene rings is 1. The minimum absolute atomic E-state index is 0.0853. The number of nitrogens with zero attached hydrogens (tertiary/aromatic N) is 3. The van der Waals surface area contributed by atoms with Gasteiger partial charge in [0, 0.05) is 19.1 Å². The van der Waals surface area contributed by atoms with E-state index in [2.05, 4.69) is 15.6 Å². The van der Waals surface area contributed by atoms with Crippen molar-refractivity contribution in [2.24, 2.45) is 0 Å². The molecule has 0 bridgehead atoms. The second-order valence-corrected chi connectivity index (χ2v) is 7.79. The molecule has 0 spiro atoms. The topological polar surface area (TPSA) is 79.3 Å². The Morgan fingerprint density at radius 1 is 1.26 bits per heavy atom. The standard InChI is InChI=1S/C19H27N5O2S/c1-4-13(2)20-17(25)15(9-12-27-3)22-19(26)24-11-10-23-16-8-6-5-7-14(16)21-18(23)24/h5-8,13,15H,4,9-12H2,1-3H3,(H,20,25)(H,22,26)/t13-,15-/m0/s1. The molecule has 27 heavy (non-hydrogen) atoms. The van der Waals surface area contributed by atoms with Gasteiger partial charge in [0.1, 0.15) is 6.04 Å². The molecule has 3 amide bonds. The summed E-state index contributed by atoms with van der Waals surface area (Å²) in [6.07, 6.45) is 3.44. The van der Waals surface area contributed by atoms with Gasteiger partial charge in [0.15, 0.2) is 0 Å². The van der Waals surface area contributed by atoms with Crippen LogP contribution in [0.3, 0.4) is 0 Å². The van der Waals surface area contributed by atoms with Crippen molar-refractivity contribution < 1.29 is 9.59 Å².